The molecule has 7 heteroatoms. The lowest BCUT2D eigenvalue weighted by Gasteiger charge is -1.99. The van der Waals surface area contributed by atoms with E-state index in [1.165, 1.54) is 18.7 Å². The number of hydrogen-bond acceptors (Lipinski definition) is 5. The molecule has 2 N–H and O–H groups in total. The number of halogens is 1. The summed E-state index contributed by atoms with van der Waals surface area (Å²) >= 11 is 0. The third-order valence-corrected chi connectivity index (χ3v) is 3.19. The predicted octanol–water partition coefficient (Wildman–Crippen LogP) is 2.91. The average molecular weight is 313 g/mol. The predicted molar refractivity (Wildman–Crippen MR) is 79.2 cm³/mol. The molecule has 23 heavy (non-hydrogen) atoms. The molecule has 0 aliphatic heterocycles. The van der Waals surface area contributed by atoms with E-state index in [1.54, 1.807) is 24.3 Å². The molecular weight excluding hydrogens is 301 g/mol. The summed E-state index contributed by atoms with van der Waals surface area (Å²) in [6, 6.07) is 7.91. The van der Waals surface area contributed by atoms with Crippen LogP contribution in [-0.4, -0.2) is 26.1 Å². The summed E-state index contributed by atoms with van der Waals surface area (Å²) in [5, 5.41) is 15.9. The van der Waals surface area contributed by atoms with E-state index in [1.807, 2.05) is 0 Å². The van der Waals surface area contributed by atoms with Crippen molar-refractivity contribution in [2.24, 2.45) is 0 Å². The second-order valence-electron chi connectivity index (χ2n) is 4.80. The number of nitrogens with one attached hydrogen (secondary N) is 1. The second-order valence-corrected chi connectivity index (χ2v) is 4.80. The Bertz CT molecular complexity index is 853. The molecule has 0 bridgehead atoms. The molecule has 3 rings (SSSR count). The highest BCUT2D eigenvalue weighted by Crippen LogP contribution is 2.19. The highest BCUT2D eigenvalue weighted by Gasteiger charge is 2.12. The molecular formula is C16H12FN3O3. The van der Waals surface area contributed by atoms with E-state index in [9.17, 15) is 14.3 Å². The van der Waals surface area contributed by atoms with Crippen LogP contribution < -0.4 is 0 Å². The largest absolute Gasteiger partial charge is 0.507 e. The van der Waals surface area contributed by atoms with E-state index < -0.39 is 5.78 Å². The fraction of sp³-hybridized carbons (Fsp3) is 0.0625. The van der Waals surface area contributed by atoms with Crippen molar-refractivity contribution < 1.29 is 18.7 Å². The van der Waals surface area contributed by atoms with Crippen LogP contribution >= 0.6 is 0 Å². The Morgan fingerprint density at radius 2 is 2.22 bits per heavy atom. The molecule has 0 aliphatic rings. The maximum atomic E-state index is 13.6. The lowest BCUT2D eigenvalue weighted by atomic mass is 10.1. The fourth-order valence-corrected chi connectivity index (χ4v) is 2.04. The molecule has 0 aliphatic carbocycles. The number of nitrogens with zero attached hydrogens (tertiary/aromatic N) is 2. The molecule has 0 unspecified atom stereocenters. The van der Waals surface area contributed by atoms with Gasteiger partial charge >= 0.3 is 0 Å². The second kappa shape index (κ2) is 6.27. The number of aromatic nitrogens is 3. The molecule has 6 nitrogen and oxygen atoms in total. The smallest absolute Gasteiger partial charge is 0.226 e. The van der Waals surface area contributed by atoms with Gasteiger partial charge in [-0.15, -0.1) is 0 Å². The molecule has 1 aromatic carbocycles. The lowest BCUT2D eigenvalue weighted by Crippen LogP contribution is -1.99. The average Bonchev–Trinajstić information content (AvgIpc) is 3.21. The van der Waals surface area contributed by atoms with Crippen LogP contribution in [0.1, 0.15) is 27.5 Å². The zero-order chi connectivity index (χ0) is 16.2. The van der Waals surface area contributed by atoms with Crippen molar-refractivity contribution in [1.29, 1.82) is 0 Å². The fourth-order valence-electron chi connectivity index (χ4n) is 2.04. The number of aromatic amines is 1. The van der Waals surface area contributed by atoms with Crippen molar-refractivity contribution >= 4 is 11.5 Å². The van der Waals surface area contributed by atoms with Crippen LogP contribution in [0.3, 0.4) is 0 Å². The number of ketones is 1. The van der Waals surface area contributed by atoms with Gasteiger partial charge in [0.25, 0.3) is 0 Å². The number of carbonyl (C=O) groups is 1. The maximum Gasteiger partial charge on any atom is 0.226 e. The first-order chi connectivity index (χ1) is 11.1. The van der Waals surface area contributed by atoms with Gasteiger partial charge in [0, 0.05) is 12.5 Å². The van der Waals surface area contributed by atoms with Crippen LogP contribution in [0.25, 0.3) is 5.76 Å². The van der Waals surface area contributed by atoms with Crippen molar-refractivity contribution in [3.63, 3.8) is 0 Å². The summed E-state index contributed by atoms with van der Waals surface area (Å²) in [7, 11) is 0. The molecule has 3 aromatic rings. The molecule has 2 heterocycles. The zero-order valence-electron chi connectivity index (χ0n) is 11.9. The SMILES string of the molecule is O=C(C=C(O)c1coc(Cc2ccccc2F)c1)c1ncn[nH]1. The highest BCUT2D eigenvalue weighted by molar-refractivity contribution is 6.05. The molecule has 0 fully saturated rings. The van der Waals surface area contributed by atoms with Crippen molar-refractivity contribution in [1.82, 2.24) is 15.2 Å². The number of rotatable bonds is 5. The van der Waals surface area contributed by atoms with E-state index in [4.69, 9.17) is 4.42 Å². The van der Waals surface area contributed by atoms with Crippen LogP contribution in [0.5, 0.6) is 0 Å². The lowest BCUT2D eigenvalue weighted by molar-refractivity contribution is 0.103. The van der Waals surface area contributed by atoms with Gasteiger partial charge in [0.1, 0.15) is 29.9 Å². The summed E-state index contributed by atoms with van der Waals surface area (Å²) in [6.07, 6.45) is 3.76. The van der Waals surface area contributed by atoms with Crippen molar-refractivity contribution in [2.45, 2.75) is 6.42 Å². The Hall–Kier alpha value is -3.22. The summed E-state index contributed by atoms with van der Waals surface area (Å²) in [5.74, 6) is -0.624. The standard InChI is InChI=1S/C16H12FN3O3/c17-13-4-2-1-3-10(13)5-12-6-11(8-23-12)14(21)7-15(22)16-18-9-19-20-16/h1-4,6-9,21H,5H2,(H,18,19,20). The van der Waals surface area contributed by atoms with Crippen LogP contribution in [-0.2, 0) is 6.42 Å². The maximum absolute atomic E-state index is 13.6. The molecule has 0 amide bonds. The van der Waals surface area contributed by atoms with E-state index in [2.05, 4.69) is 15.2 Å². The van der Waals surface area contributed by atoms with Crippen LogP contribution in [0.4, 0.5) is 4.39 Å². The number of aliphatic hydroxyl groups excluding tert-OH is 1. The van der Waals surface area contributed by atoms with Gasteiger partial charge < -0.3 is 9.52 Å². The van der Waals surface area contributed by atoms with Gasteiger partial charge in [0.05, 0.1) is 5.56 Å². The summed E-state index contributed by atoms with van der Waals surface area (Å²) in [5.41, 5.74) is 0.804. The number of hydrogen-bond donors (Lipinski definition) is 2. The van der Waals surface area contributed by atoms with E-state index >= 15 is 0 Å². The van der Waals surface area contributed by atoms with Gasteiger partial charge in [0.2, 0.25) is 5.78 Å². The minimum atomic E-state index is -0.517. The number of carbonyl (C=O) groups excluding carboxylic acids is 1. The molecule has 0 atom stereocenters. The number of allylic oxidation sites excluding steroid dienone is 1. The molecule has 0 spiro atoms. The quantitative estimate of drug-likeness (QED) is 0.429. The van der Waals surface area contributed by atoms with Gasteiger partial charge in [-0.3, -0.25) is 9.89 Å². The van der Waals surface area contributed by atoms with Crippen molar-refractivity contribution in [2.75, 3.05) is 0 Å². The van der Waals surface area contributed by atoms with E-state index in [0.29, 0.717) is 16.9 Å². The summed E-state index contributed by atoms with van der Waals surface area (Å²) in [4.78, 5) is 15.5. The van der Waals surface area contributed by atoms with Crippen molar-refractivity contribution in [3.8, 4) is 0 Å². The van der Waals surface area contributed by atoms with Gasteiger partial charge in [-0.1, -0.05) is 18.2 Å². The normalized spacial score (nSPS) is 11.6. The van der Waals surface area contributed by atoms with Crippen LogP contribution in [0, 0.1) is 5.82 Å². The topological polar surface area (TPSA) is 92.0 Å². The first-order valence-corrected chi connectivity index (χ1v) is 6.75. The molecule has 2 aromatic heterocycles. The van der Waals surface area contributed by atoms with Crippen LogP contribution in [0.15, 0.2) is 53.4 Å². The summed E-state index contributed by atoms with van der Waals surface area (Å²) < 4.78 is 18.9. The Kier molecular flexibility index (Phi) is 4.01. The highest BCUT2D eigenvalue weighted by atomic mass is 19.1. The Labute approximate surface area is 130 Å². The zero-order valence-corrected chi connectivity index (χ0v) is 11.9. The third-order valence-electron chi connectivity index (χ3n) is 3.19. The van der Waals surface area contributed by atoms with Gasteiger partial charge in [0.15, 0.2) is 5.82 Å². The molecule has 0 saturated heterocycles. The minimum Gasteiger partial charge on any atom is -0.507 e. The van der Waals surface area contributed by atoms with E-state index in [0.717, 1.165) is 6.08 Å². The van der Waals surface area contributed by atoms with Gasteiger partial charge in [-0.05, 0) is 17.7 Å². The molecule has 0 radical (unpaired) electrons. The Balaban J connectivity index is 1.76. The minimum absolute atomic E-state index is 0.0200. The Morgan fingerprint density at radius 3 is 2.96 bits per heavy atom. The third kappa shape index (κ3) is 3.34. The monoisotopic (exact) mass is 313 g/mol. The summed E-state index contributed by atoms with van der Waals surface area (Å²) in [6.45, 7) is 0. The number of benzene rings is 1. The van der Waals surface area contributed by atoms with E-state index in [-0.39, 0.29) is 23.8 Å². The van der Waals surface area contributed by atoms with Gasteiger partial charge in [-0.25, -0.2) is 9.37 Å². The van der Waals surface area contributed by atoms with Crippen molar-refractivity contribution in [3.05, 3.63) is 77.5 Å². The Morgan fingerprint density at radius 1 is 1.39 bits per heavy atom. The number of H-pyrrole nitrogens is 1. The molecule has 116 valence electrons. The first kappa shape index (κ1) is 14.7. The van der Waals surface area contributed by atoms with Crippen LogP contribution in [0.2, 0.25) is 0 Å². The van der Waals surface area contributed by atoms with Gasteiger partial charge in [-0.2, -0.15) is 5.10 Å². The molecule has 0 saturated carbocycles. The number of aliphatic hydroxyl groups is 1. The number of furan rings is 1. The first-order valence-electron chi connectivity index (χ1n) is 6.75.